The van der Waals surface area contributed by atoms with Crippen LogP contribution in [0.4, 0.5) is 5.69 Å². The lowest BCUT2D eigenvalue weighted by Crippen LogP contribution is -2.14. The van der Waals surface area contributed by atoms with Gasteiger partial charge >= 0.3 is 0 Å². The van der Waals surface area contributed by atoms with Crippen molar-refractivity contribution in [2.75, 3.05) is 18.5 Å². The Morgan fingerprint density at radius 2 is 1.36 bits per heavy atom. The Bertz CT molecular complexity index is 889. The first-order chi connectivity index (χ1) is 13.6. The highest BCUT2D eigenvalue weighted by Crippen LogP contribution is 2.24. The predicted molar refractivity (Wildman–Crippen MR) is 112 cm³/mol. The van der Waals surface area contributed by atoms with Gasteiger partial charge in [-0.05, 0) is 53.9 Å². The molecule has 0 saturated heterocycles. The van der Waals surface area contributed by atoms with E-state index >= 15 is 0 Å². The number of nitrogens with one attached hydrogen (secondary N) is 1. The minimum absolute atomic E-state index is 0.132. The highest BCUT2D eigenvalue weighted by Gasteiger charge is 2.11. The second-order valence-corrected chi connectivity index (χ2v) is 6.73. The maximum atomic E-state index is 12.5. The molecule has 28 heavy (non-hydrogen) atoms. The second-order valence-electron chi connectivity index (χ2n) is 6.73. The van der Waals surface area contributed by atoms with Crippen molar-refractivity contribution in [3.05, 3.63) is 90.0 Å². The first-order valence-corrected chi connectivity index (χ1v) is 9.44. The quantitative estimate of drug-likeness (QED) is 0.527. The zero-order valence-corrected chi connectivity index (χ0v) is 16.2. The van der Waals surface area contributed by atoms with Crippen LogP contribution in [0.2, 0.25) is 0 Å². The number of rotatable bonds is 8. The molecule has 4 nitrogen and oxygen atoms in total. The van der Waals surface area contributed by atoms with Crippen LogP contribution in [-0.4, -0.2) is 19.1 Å². The number of carbonyl (C=O) groups is 1. The van der Waals surface area contributed by atoms with Crippen molar-refractivity contribution in [3.8, 4) is 11.5 Å². The number of para-hydroxylation sites is 2. The van der Waals surface area contributed by atoms with Crippen LogP contribution in [0, 0.1) is 0 Å². The Hall–Kier alpha value is -3.27. The summed E-state index contributed by atoms with van der Waals surface area (Å²) in [6, 6.07) is 24.6. The molecule has 0 atom stereocenters. The zero-order chi connectivity index (χ0) is 19.8. The van der Waals surface area contributed by atoms with Crippen LogP contribution < -0.4 is 14.8 Å². The largest absolute Gasteiger partial charge is 0.490 e. The van der Waals surface area contributed by atoms with E-state index in [0.717, 1.165) is 17.0 Å². The maximum absolute atomic E-state index is 12.5. The molecule has 0 radical (unpaired) electrons. The molecular formula is C24H25NO3. The fraction of sp³-hybridized carbons (Fsp3) is 0.208. The average Bonchev–Trinajstić information content (AvgIpc) is 2.72. The average molecular weight is 375 g/mol. The van der Waals surface area contributed by atoms with E-state index in [0.29, 0.717) is 30.4 Å². The molecular weight excluding hydrogens is 350 g/mol. The van der Waals surface area contributed by atoms with Gasteiger partial charge in [-0.25, -0.2) is 0 Å². The van der Waals surface area contributed by atoms with Crippen LogP contribution in [0.5, 0.6) is 11.5 Å². The molecule has 0 saturated carbocycles. The fourth-order valence-electron chi connectivity index (χ4n) is 2.85. The van der Waals surface area contributed by atoms with Crippen LogP contribution in [-0.2, 0) is 0 Å². The molecule has 0 aliphatic rings. The number of carbonyl (C=O) groups excluding carboxylic acids is 1. The molecule has 144 valence electrons. The maximum Gasteiger partial charge on any atom is 0.255 e. The lowest BCUT2D eigenvalue weighted by molar-refractivity contribution is 0.102. The van der Waals surface area contributed by atoms with Crippen LogP contribution in [0.1, 0.15) is 35.7 Å². The van der Waals surface area contributed by atoms with E-state index in [4.69, 9.17) is 9.47 Å². The Kier molecular flexibility index (Phi) is 6.68. The number of hydrogen-bond donors (Lipinski definition) is 1. The highest BCUT2D eigenvalue weighted by atomic mass is 16.5. The van der Waals surface area contributed by atoms with Gasteiger partial charge in [-0.15, -0.1) is 0 Å². The smallest absolute Gasteiger partial charge is 0.255 e. The van der Waals surface area contributed by atoms with Gasteiger partial charge in [0.25, 0.3) is 5.91 Å². The lowest BCUT2D eigenvalue weighted by atomic mass is 10.0. The third-order valence-corrected chi connectivity index (χ3v) is 4.31. The molecule has 4 heteroatoms. The van der Waals surface area contributed by atoms with Crippen molar-refractivity contribution in [3.63, 3.8) is 0 Å². The Morgan fingerprint density at radius 1 is 0.786 bits per heavy atom. The number of benzene rings is 3. The van der Waals surface area contributed by atoms with Crippen molar-refractivity contribution in [2.45, 2.75) is 19.8 Å². The van der Waals surface area contributed by atoms with Crippen molar-refractivity contribution >= 4 is 11.6 Å². The number of amides is 1. The summed E-state index contributed by atoms with van der Waals surface area (Å²) in [5, 5.41) is 3.00. The summed E-state index contributed by atoms with van der Waals surface area (Å²) in [4.78, 5) is 12.5. The lowest BCUT2D eigenvalue weighted by Gasteiger charge is -2.14. The van der Waals surface area contributed by atoms with E-state index in [1.807, 2.05) is 54.6 Å². The zero-order valence-electron chi connectivity index (χ0n) is 16.2. The molecule has 0 bridgehead atoms. The fourth-order valence-corrected chi connectivity index (χ4v) is 2.85. The van der Waals surface area contributed by atoms with Gasteiger partial charge in [0.05, 0.1) is 0 Å². The van der Waals surface area contributed by atoms with Gasteiger partial charge in [0.15, 0.2) is 0 Å². The molecule has 0 fully saturated rings. The highest BCUT2D eigenvalue weighted by molar-refractivity contribution is 6.04. The van der Waals surface area contributed by atoms with Crippen molar-refractivity contribution in [1.29, 1.82) is 0 Å². The molecule has 3 aromatic carbocycles. The van der Waals surface area contributed by atoms with Gasteiger partial charge in [-0.2, -0.15) is 0 Å². The van der Waals surface area contributed by atoms with Crippen LogP contribution in [0.15, 0.2) is 78.9 Å². The molecule has 3 aromatic rings. The summed E-state index contributed by atoms with van der Waals surface area (Å²) in [7, 11) is 0. The van der Waals surface area contributed by atoms with Gasteiger partial charge in [0, 0.05) is 11.3 Å². The summed E-state index contributed by atoms with van der Waals surface area (Å²) >= 11 is 0. The van der Waals surface area contributed by atoms with Crippen LogP contribution >= 0.6 is 0 Å². The molecule has 0 aromatic heterocycles. The van der Waals surface area contributed by atoms with Gasteiger partial charge in [0.2, 0.25) is 0 Å². The molecule has 1 N–H and O–H groups in total. The van der Waals surface area contributed by atoms with E-state index < -0.39 is 0 Å². The van der Waals surface area contributed by atoms with E-state index in [-0.39, 0.29) is 5.91 Å². The number of hydrogen-bond acceptors (Lipinski definition) is 3. The number of ether oxygens (including phenoxy) is 2. The molecule has 0 heterocycles. The van der Waals surface area contributed by atoms with E-state index in [2.05, 4.69) is 19.2 Å². The van der Waals surface area contributed by atoms with E-state index in [1.54, 1.807) is 24.3 Å². The summed E-state index contributed by atoms with van der Waals surface area (Å²) in [6.45, 7) is 5.11. The SMILES string of the molecule is CC(C)c1ccccc1NC(=O)c1ccc(OCCOc2ccccc2)cc1. The summed E-state index contributed by atoms with van der Waals surface area (Å²) in [6.07, 6.45) is 0. The third kappa shape index (κ3) is 5.36. The normalized spacial score (nSPS) is 10.5. The molecule has 3 rings (SSSR count). The minimum atomic E-state index is -0.132. The number of anilines is 1. The Balaban J connectivity index is 1.52. The molecule has 0 aliphatic heterocycles. The van der Waals surface area contributed by atoms with E-state index in [9.17, 15) is 4.79 Å². The molecule has 1 amide bonds. The standard InChI is InChI=1S/C24H25NO3/c1-18(2)22-10-6-7-11-23(22)25-24(26)19-12-14-21(15-13-19)28-17-16-27-20-8-4-3-5-9-20/h3-15,18H,16-17H2,1-2H3,(H,25,26). The van der Waals surface area contributed by atoms with E-state index in [1.165, 1.54) is 0 Å². The second kappa shape index (κ2) is 9.60. The Morgan fingerprint density at radius 3 is 2.00 bits per heavy atom. The first-order valence-electron chi connectivity index (χ1n) is 9.44. The van der Waals surface area contributed by atoms with Gasteiger partial charge in [-0.1, -0.05) is 50.2 Å². The van der Waals surface area contributed by atoms with Gasteiger partial charge < -0.3 is 14.8 Å². The summed E-state index contributed by atoms with van der Waals surface area (Å²) in [5.41, 5.74) is 2.56. The molecule has 0 aliphatic carbocycles. The Labute approximate surface area is 166 Å². The first kappa shape index (κ1) is 19.5. The van der Waals surface area contributed by atoms with Gasteiger partial charge in [-0.3, -0.25) is 4.79 Å². The third-order valence-electron chi connectivity index (χ3n) is 4.31. The summed E-state index contributed by atoms with van der Waals surface area (Å²) < 4.78 is 11.3. The van der Waals surface area contributed by atoms with Crippen molar-refractivity contribution < 1.29 is 14.3 Å². The monoisotopic (exact) mass is 375 g/mol. The van der Waals surface area contributed by atoms with Crippen molar-refractivity contribution in [2.24, 2.45) is 0 Å². The topological polar surface area (TPSA) is 47.6 Å². The molecule has 0 spiro atoms. The van der Waals surface area contributed by atoms with Gasteiger partial charge in [0.1, 0.15) is 24.7 Å². The minimum Gasteiger partial charge on any atom is -0.490 e. The molecule has 0 unspecified atom stereocenters. The van der Waals surface area contributed by atoms with Crippen LogP contribution in [0.3, 0.4) is 0 Å². The predicted octanol–water partition coefficient (Wildman–Crippen LogP) is 5.52. The summed E-state index contributed by atoms with van der Waals surface area (Å²) in [5.74, 6) is 1.73. The van der Waals surface area contributed by atoms with Crippen LogP contribution in [0.25, 0.3) is 0 Å². The van der Waals surface area contributed by atoms with Crippen molar-refractivity contribution in [1.82, 2.24) is 0 Å².